The lowest BCUT2D eigenvalue weighted by Gasteiger charge is -2.13. The van der Waals surface area contributed by atoms with Crippen LogP contribution in [0.5, 0.6) is 0 Å². The monoisotopic (exact) mass is 404 g/mol. The molecular formula is C22H20N4O2S. The van der Waals surface area contributed by atoms with E-state index in [2.05, 4.69) is 15.5 Å². The molecule has 0 unspecified atom stereocenters. The first-order chi connectivity index (χ1) is 14.2. The minimum Gasteiger partial charge on any atom is -0.461 e. The molecular weight excluding hydrogens is 384 g/mol. The zero-order valence-corrected chi connectivity index (χ0v) is 16.7. The molecule has 1 atom stereocenters. The number of anilines is 1. The molecule has 0 saturated carbocycles. The van der Waals surface area contributed by atoms with Crippen molar-refractivity contribution in [3.05, 3.63) is 84.6 Å². The van der Waals surface area contributed by atoms with E-state index in [9.17, 15) is 4.79 Å². The van der Waals surface area contributed by atoms with Gasteiger partial charge in [-0.2, -0.15) is 0 Å². The number of para-hydroxylation sites is 1. The number of nitrogens with zero attached hydrogens (tertiary/aromatic N) is 3. The topological polar surface area (TPSA) is 73.0 Å². The molecule has 0 aliphatic heterocycles. The van der Waals surface area contributed by atoms with E-state index in [1.165, 1.54) is 11.8 Å². The zero-order chi connectivity index (χ0) is 20.1. The molecule has 1 N–H and O–H groups in total. The van der Waals surface area contributed by atoms with Crippen molar-refractivity contribution in [3.63, 3.8) is 0 Å². The molecule has 0 saturated heterocycles. The van der Waals surface area contributed by atoms with E-state index in [1.54, 1.807) is 6.26 Å². The molecule has 0 aliphatic rings. The molecule has 2 heterocycles. The predicted octanol–water partition coefficient (Wildman–Crippen LogP) is 4.71. The van der Waals surface area contributed by atoms with Gasteiger partial charge in [0.1, 0.15) is 0 Å². The van der Waals surface area contributed by atoms with Crippen LogP contribution >= 0.6 is 11.8 Å². The SMILES string of the molecule is C[C@H](Sc1nnc(-c2ccco2)n1Cc1ccccc1)C(=O)Nc1ccccc1. The van der Waals surface area contributed by atoms with E-state index >= 15 is 0 Å². The van der Waals surface area contributed by atoms with E-state index in [-0.39, 0.29) is 11.2 Å². The quantitative estimate of drug-likeness (QED) is 0.452. The highest BCUT2D eigenvalue weighted by Crippen LogP contribution is 2.28. The number of furan rings is 1. The smallest absolute Gasteiger partial charge is 0.237 e. The third-order valence-electron chi connectivity index (χ3n) is 4.33. The number of hydrogen-bond donors (Lipinski definition) is 1. The van der Waals surface area contributed by atoms with E-state index < -0.39 is 0 Å². The van der Waals surface area contributed by atoms with Gasteiger partial charge in [-0.25, -0.2) is 0 Å². The second kappa shape index (κ2) is 8.79. The second-order valence-corrected chi connectivity index (χ2v) is 7.78. The number of carbonyl (C=O) groups is 1. The lowest BCUT2D eigenvalue weighted by atomic mass is 10.2. The van der Waals surface area contributed by atoms with Gasteiger partial charge in [-0.15, -0.1) is 10.2 Å². The standard InChI is InChI=1S/C22H20N4O2S/c1-16(21(27)23-18-11-6-3-7-12-18)29-22-25-24-20(19-13-8-14-28-19)26(22)15-17-9-4-2-5-10-17/h2-14,16H,15H2,1H3,(H,23,27)/t16-/m0/s1. The van der Waals surface area contributed by atoms with Crippen LogP contribution in [0.2, 0.25) is 0 Å². The van der Waals surface area contributed by atoms with E-state index in [1.807, 2.05) is 84.3 Å². The fraction of sp³-hybridized carbons (Fsp3) is 0.136. The molecule has 0 spiro atoms. The Labute approximate surface area is 173 Å². The van der Waals surface area contributed by atoms with Gasteiger partial charge in [0.2, 0.25) is 11.7 Å². The van der Waals surface area contributed by atoms with Crippen LogP contribution in [0.4, 0.5) is 5.69 Å². The Morgan fingerprint density at radius 1 is 1.03 bits per heavy atom. The normalized spacial score (nSPS) is 11.9. The molecule has 7 heteroatoms. The van der Waals surface area contributed by atoms with Crippen LogP contribution in [-0.2, 0) is 11.3 Å². The largest absolute Gasteiger partial charge is 0.461 e. The van der Waals surface area contributed by atoms with Gasteiger partial charge >= 0.3 is 0 Å². The van der Waals surface area contributed by atoms with Crippen LogP contribution < -0.4 is 5.32 Å². The van der Waals surface area contributed by atoms with Crippen molar-refractivity contribution in [2.45, 2.75) is 23.9 Å². The number of nitrogens with one attached hydrogen (secondary N) is 1. The summed E-state index contributed by atoms with van der Waals surface area (Å²) in [5.74, 6) is 1.19. The van der Waals surface area contributed by atoms with Gasteiger partial charge in [0.05, 0.1) is 18.1 Å². The Balaban J connectivity index is 1.57. The highest BCUT2D eigenvalue weighted by atomic mass is 32.2. The number of aromatic nitrogens is 3. The highest BCUT2D eigenvalue weighted by Gasteiger charge is 2.22. The minimum atomic E-state index is -0.349. The number of amides is 1. The van der Waals surface area contributed by atoms with Crippen LogP contribution in [0.25, 0.3) is 11.6 Å². The number of rotatable bonds is 7. The molecule has 146 valence electrons. The number of carbonyl (C=O) groups excluding carboxylic acids is 1. The van der Waals surface area contributed by atoms with Crippen LogP contribution in [0.15, 0.2) is 88.6 Å². The molecule has 2 aromatic heterocycles. The third-order valence-corrected chi connectivity index (χ3v) is 5.42. The van der Waals surface area contributed by atoms with Gasteiger partial charge in [0.25, 0.3) is 0 Å². The lowest BCUT2D eigenvalue weighted by molar-refractivity contribution is -0.115. The summed E-state index contributed by atoms with van der Waals surface area (Å²) in [5, 5.41) is 11.9. The summed E-state index contributed by atoms with van der Waals surface area (Å²) in [6.07, 6.45) is 1.61. The maximum atomic E-state index is 12.6. The van der Waals surface area contributed by atoms with Crippen molar-refractivity contribution in [3.8, 4) is 11.6 Å². The molecule has 0 aliphatic carbocycles. The van der Waals surface area contributed by atoms with Gasteiger partial charge < -0.3 is 9.73 Å². The van der Waals surface area contributed by atoms with Gasteiger partial charge in [-0.3, -0.25) is 9.36 Å². The second-order valence-electron chi connectivity index (χ2n) is 6.47. The van der Waals surface area contributed by atoms with E-state index in [4.69, 9.17) is 4.42 Å². The lowest BCUT2D eigenvalue weighted by Crippen LogP contribution is -2.23. The van der Waals surface area contributed by atoms with Gasteiger partial charge in [-0.05, 0) is 36.8 Å². The Morgan fingerprint density at radius 2 is 1.76 bits per heavy atom. The summed E-state index contributed by atoms with van der Waals surface area (Å²) in [4.78, 5) is 12.6. The van der Waals surface area contributed by atoms with Crippen LogP contribution in [0, 0.1) is 0 Å². The summed E-state index contributed by atoms with van der Waals surface area (Å²) < 4.78 is 7.51. The Morgan fingerprint density at radius 3 is 2.45 bits per heavy atom. The van der Waals surface area contributed by atoms with Gasteiger partial charge in [-0.1, -0.05) is 60.3 Å². The molecule has 4 aromatic rings. The van der Waals surface area contributed by atoms with Crippen molar-refractivity contribution < 1.29 is 9.21 Å². The van der Waals surface area contributed by atoms with Crippen molar-refractivity contribution in [1.29, 1.82) is 0 Å². The van der Waals surface area contributed by atoms with Crippen molar-refractivity contribution in [1.82, 2.24) is 14.8 Å². The van der Waals surface area contributed by atoms with Crippen LogP contribution in [-0.4, -0.2) is 25.9 Å². The summed E-state index contributed by atoms with van der Waals surface area (Å²) in [7, 11) is 0. The summed E-state index contributed by atoms with van der Waals surface area (Å²) in [6, 6.07) is 23.2. The first kappa shape index (κ1) is 19.0. The summed E-state index contributed by atoms with van der Waals surface area (Å²) >= 11 is 1.37. The Bertz CT molecular complexity index is 1060. The Hall–Kier alpha value is -3.32. The first-order valence-electron chi connectivity index (χ1n) is 9.24. The fourth-order valence-corrected chi connectivity index (χ4v) is 3.70. The zero-order valence-electron chi connectivity index (χ0n) is 15.9. The van der Waals surface area contributed by atoms with Crippen molar-refractivity contribution >= 4 is 23.4 Å². The fourth-order valence-electron chi connectivity index (χ4n) is 2.85. The van der Waals surface area contributed by atoms with Crippen LogP contribution in [0.3, 0.4) is 0 Å². The molecule has 0 bridgehead atoms. The van der Waals surface area contributed by atoms with E-state index in [0.29, 0.717) is 23.3 Å². The van der Waals surface area contributed by atoms with Crippen molar-refractivity contribution in [2.75, 3.05) is 5.32 Å². The number of benzene rings is 2. The average Bonchev–Trinajstić information content (AvgIpc) is 3.40. The minimum absolute atomic E-state index is 0.0880. The Kier molecular flexibility index (Phi) is 5.76. The van der Waals surface area contributed by atoms with Gasteiger partial charge in [0.15, 0.2) is 10.9 Å². The molecule has 2 aromatic carbocycles. The number of thioether (sulfide) groups is 1. The molecule has 0 fully saturated rings. The maximum absolute atomic E-state index is 12.6. The van der Waals surface area contributed by atoms with Crippen LogP contribution in [0.1, 0.15) is 12.5 Å². The first-order valence-corrected chi connectivity index (χ1v) is 10.1. The maximum Gasteiger partial charge on any atom is 0.237 e. The van der Waals surface area contributed by atoms with Gasteiger partial charge in [0, 0.05) is 5.69 Å². The molecule has 6 nitrogen and oxygen atoms in total. The number of hydrogen-bond acceptors (Lipinski definition) is 5. The van der Waals surface area contributed by atoms with E-state index in [0.717, 1.165) is 11.3 Å². The van der Waals surface area contributed by atoms with Crippen molar-refractivity contribution in [2.24, 2.45) is 0 Å². The predicted molar refractivity (Wildman–Crippen MR) is 114 cm³/mol. The molecule has 4 rings (SSSR count). The highest BCUT2D eigenvalue weighted by molar-refractivity contribution is 8.00. The average molecular weight is 404 g/mol. The third kappa shape index (κ3) is 4.57. The summed E-state index contributed by atoms with van der Waals surface area (Å²) in [6.45, 7) is 2.44. The molecule has 0 radical (unpaired) electrons. The summed E-state index contributed by atoms with van der Waals surface area (Å²) in [5.41, 5.74) is 1.88. The molecule has 29 heavy (non-hydrogen) atoms. The molecule has 1 amide bonds.